The zero-order valence-electron chi connectivity index (χ0n) is 41.6. The Morgan fingerprint density at radius 1 is 0.873 bits per heavy atom. The predicted molar refractivity (Wildman–Crippen MR) is 284 cm³/mol. The second-order valence-corrected chi connectivity index (χ2v) is 23.2. The number of likely N-dealkylation sites (tertiary alicyclic amines) is 2. The molecule has 0 radical (unpaired) electrons. The smallest absolute Gasteiger partial charge is 0.410 e. The number of piperazine rings is 2. The van der Waals surface area contributed by atoms with E-state index in [4.69, 9.17) is 21.2 Å². The lowest BCUT2D eigenvalue weighted by Gasteiger charge is -2.37. The number of quaternary nitrogens is 1. The minimum absolute atomic E-state index is 0.0451. The summed E-state index contributed by atoms with van der Waals surface area (Å²) in [5.41, 5.74) is 8.29. The van der Waals surface area contributed by atoms with E-state index >= 15 is 0 Å². The van der Waals surface area contributed by atoms with E-state index < -0.39 is 21.5 Å². The van der Waals surface area contributed by atoms with Crippen molar-refractivity contribution >= 4 is 62.4 Å². The third-order valence-electron chi connectivity index (χ3n) is 13.2. The van der Waals surface area contributed by atoms with Crippen LogP contribution in [0.2, 0.25) is 5.02 Å². The lowest BCUT2D eigenvalue weighted by Crippen LogP contribution is -2.76. The summed E-state index contributed by atoms with van der Waals surface area (Å²) in [5.74, 6) is 0.0978. The summed E-state index contributed by atoms with van der Waals surface area (Å²) in [4.78, 5) is 44.2. The summed E-state index contributed by atoms with van der Waals surface area (Å²) in [6.45, 7) is 13.0. The first-order valence-electron chi connectivity index (χ1n) is 24.4. The quantitative estimate of drug-likeness (QED) is 0.0420. The molecule has 14 nitrogen and oxygen atoms in total. The van der Waals surface area contributed by atoms with Crippen LogP contribution in [-0.4, -0.2) is 137 Å². The van der Waals surface area contributed by atoms with Gasteiger partial charge in [-0.15, -0.1) is 11.8 Å². The molecule has 3 saturated heterocycles. The molecule has 71 heavy (non-hydrogen) atoms. The number of thioether (sulfide) groups is 1. The monoisotopic (exact) mass is 1020 g/mol. The number of carbonyl (C=O) groups excluding carboxylic acids is 2. The summed E-state index contributed by atoms with van der Waals surface area (Å²) in [7, 11) is 1.39. The van der Waals surface area contributed by atoms with Crippen molar-refractivity contribution in [2.75, 3.05) is 83.0 Å². The van der Waals surface area contributed by atoms with Gasteiger partial charge in [-0.3, -0.25) is 14.6 Å². The van der Waals surface area contributed by atoms with E-state index in [0.29, 0.717) is 23.3 Å². The van der Waals surface area contributed by atoms with Gasteiger partial charge < -0.3 is 24.8 Å². The topological polar surface area (TPSA) is 144 Å². The number of anilines is 2. The van der Waals surface area contributed by atoms with Crippen LogP contribution in [0.15, 0.2) is 125 Å². The highest BCUT2D eigenvalue weighted by molar-refractivity contribution is 7.99. The molecular formula is C54H68ClN8O6S2+. The number of benzene rings is 5. The predicted octanol–water partition coefficient (Wildman–Crippen LogP) is 7.92. The van der Waals surface area contributed by atoms with Gasteiger partial charge >= 0.3 is 6.09 Å². The SMILES string of the molecule is CO[NH2+]c1cc(S(=O)(=O)NC(=O)c2ccc(N3CCN(Cc4cc(CN5CC6CC5CN6C(=O)OC(C)(C)C)ccc4-c4ccc(Cl)cc4)CC3)cc2)ccc1NC(CCN(C)C)CSc1ccccc1. The fourth-order valence-corrected chi connectivity index (χ4v) is 11.7. The van der Waals surface area contributed by atoms with Crippen molar-refractivity contribution in [3.05, 3.63) is 137 Å². The van der Waals surface area contributed by atoms with Gasteiger partial charge in [0.2, 0.25) is 0 Å². The number of sulfonamides is 1. The molecule has 0 spiro atoms. The van der Waals surface area contributed by atoms with E-state index in [-0.39, 0.29) is 28.6 Å². The fourth-order valence-electron chi connectivity index (χ4n) is 9.59. The average molecular weight is 1020 g/mol. The molecule has 3 unspecified atom stereocenters. The molecule has 17 heteroatoms. The highest BCUT2D eigenvalue weighted by Crippen LogP contribution is 2.35. The van der Waals surface area contributed by atoms with Crippen LogP contribution in [0.3, 0.4) is 0 Å². The van der Waals surface area contributed by atoms with Gasteiger partial charge in [0.05, 0.1) is 17.7 Å². The number of nitrogens with one attached hydrogen (secondary N) is 2. The molecule has 0 aliphatic carbocycles. The second-order valence-electron chi connectivity index (χ2n) is 20.0. The van der Waals surface area contributed by atoms with Crippen LogP contribution in [0, 0.1) is 0 Å². The van der Waals surface area contributed by atoms with Crippen molar-refractivity contribution in [2.24, 2.45) is 0 Å². The molecule has 2 amide bonds. The van der Waals surface area contributed by atoms with E-state index in [0.717, 1.165) is 87.9 Å². The summed E-state index contributed by atoms with van der Waals surface area (Å²) < 4.78 is 35.3. The number of rotatable bonds is 19. The fraction of sp³-hybridized carbons (Fsp3) is 0.407. The van der Waals surface area contributed by atoms with Gasteiger partial charge in [-0.2, -0.15) is 5.48 Å². The van der Waals surface area contributed by atoms with Crippen molar-refractivity contribution in [1.29, 1.82) is 0 Å². The zero-order valence-corrected chi connectivity index (χ0v) is 44.0. The molecule has 0 saturated carbocycles. The van der Waals surface area contributed by atoms with Crippen molar-refractivity contribution in [2.45, 2.75) is 80.2 Å². The number of fused-ring (bicyclic) bond motifs is 2. The first-order chi connectivity index (χ1) is 34.0. The number of carbonyl (C=O) groups is 2. The standard InChI is InChI=1S/C54H67ClN8O6S2/c1-54(2,3)69-53(65)63-36-45-31-46(63)35-62(45)33-38-12-22-49(39-13-17-42(55)18-14-39)41(30-38)34-60-26-28-61(29-27-60)44-19-15-40(16-20-44)52(64)58-71(66,67)48-21-23-50(51(32-48)57-68-6)56-43(24-25-59(4)5)37-70-47-10-8-7-9-11-47/h7-23,30,32,43,45-46,56-57H,24-29,31,33-37H2,1-6H3,(H,58,64)/p+1. The van der Waals surface area contributed by atoms with Gasteiger partial charge in [-0.1, -0.05) is 60.1 Å². The number of ether oxygens (including phenoxy) is 1. The van der Waals surface area contributed by atoms with Gasteiger partial charge in [-0.05, 0) is 137 Å². The zero-order chi connectivity index (χ0) is 50.3. The number of hydrogen-bond acceptors (Lipinski definition) is 12. The van der Waals surface area contributed by atoms with Gasteiger partial charge in [0.15, 0.2) is 5.69 Å². The Morgan fingerprint density at radius 3 is 2.27 bits per heavy atom. The summed E-state index contributed by atoms with van der Waals surface area (Å²) >= 11 is 8.07. The highest BCUT2D eigenvalue weighted by atomic mass is 35.5. The van der Waals surface area contributed by atoms with Crippen LogP contribution < -0.4 is 20.4 Å². The maximum Gasteiger partial charge on any atom is 0.410 e. The number of nitrogens with two attached hydrogens (primary N) is 1. The van der Waals surface area contributed by atoms with E-state index in [9.17, 15) is 18.0 Å². The van der Waals surface area contributed by atoms with Crippen LogP contribution in [0.5, 0.6) is 0 Å². The molecule has 8 rings (SSSR count). The number of nitrogens with zero attached hydrogens (tertiary/aromatic N) is 5. The third-order valence-corrected chi connectivity index (χ3v) is 16.0. The van der Waals surface area contributed by atoms with Crippen molar-refractivity contribution in [3.8, 4) is 11.1 Å². The second kappa shape index (κ2) is 23.1. The maximum absolute atomic E-state index is 13.7. The van der Waals surface area contributed by atoms with Crippen LogP contribution in [0.1, 0.15) is 55.1 Å². The molecule has 3 heterocycles. The Bertz CT molecular complexity index is 2720. The Labute approximate surface area is 429 Å². The van der Waals surface area contributed by atoms with Crippen LogP contribution in [-0.2, 0) is 32.7 Å². The number of hydrogen-bond donors (Lipinski definition) is 3. The molecular weight excluding hydrogens is 956 g/mol. The van der Waals surface area contributed by atoms with E-state index in [1.807, 2.05) is 82.2 Å². The van der Waals surface area contributed by atoms with Crippen molar-refractivity contribution in [3.63, 3.8) is 0 Å². The molecule has 5 aromatic rings. The third kappa shape index (κ3) is 13.9. The van der Waals surface area contributed by atoms with Gasteiger partial charge in [0.1, 0.15) is 5.60 Å². The molecule has 3 atom stereocenters. The summed E-state index contributed by atoms with van der Waals surface area (Å²) in [5, 5.41) is 4.32. The summed E-state index contributed by atoms with van der Waals surface area (Å²) in [6.07, 6.45) is 1.62. The Balaban J connectivity index is 0.872. The molecule has 3 aliphatic heterocycles. The molecule has 3 aliphatic rings. The largest absolute Gasteiger partial charge is 0.444 e. The minimum atomic E-state index is -4.22. The van der Waals surface area contributed by atoms with Crippen LogP contribution in [0.25, 0.3) is 11.1 Å². The summed E-state index contributed by atoms with van der Waals surface area (Å²) in [6, 6.07) is 37.5. The first kappa shape index (κ1) is 52.2. The Kier molecular flexibility index (Phi) is 17.0. The van der Waals surface area contributed by atoms with E-state index in [1.165, 1.54) is 46.3 Å². The first-order valence-corrected chi connectivity index (χ1v) is 27.2. The van der Waals surface area contributed by atoms with Gasteiger partial charge in [-0.25, -0.2) is 22.8 Å². The van der Waals surface area contributed by atoms with Gasteiger partial charge in [0.25, 0.3) is 15.9 Å². The average Bonchev–Trinajstić information content (AvgIpc) is 3.95. The molecule has 2 bridgehead atoms. The molecule has 5 aromatic carbocycles. The molecule has 3 fully saturated rings. The normalized spacial score (nSPS) is 18.0. The number of halogens is 1. The lowest BCUT2D eigenvalue weighted by atomic mass is 9.96. The Hall–Kier alpha value is -5.17. The van der Waals surface area contributed by atoms with E-state index in [1.54, 1.807) is 30.0 Å². The molecule has 0 aromatic heterocycles. The minimum Gasteiger partial charge on any atom is -0.444 e. The maximum atomic E-state index is 13.7. The van der Waals surface area contributed by atoms with Crippen LogP contribution >= 0.6 is 23.4 Å². The Morgan fingerprint density at radius 2 is 1.61 bits per heavy atom. The molecule has 378 valence electrons. The lowest BCUT2D eigenvalue weighted by molar-refractivity contribution is -0.829. The van der Waals surface area contributed by atoms with Crippen LogP contribution in [0.4, 0.5) is 21.9 Å². The van der Waals surface area contributed by atoms with Gasteiger partial charge in [0, 0.05) is 103 Å². The van der Waals surface area contributed by atoms with E-state index in [2.05, 4.69) is 72.1 Å². The van der Waals surface area contributed by atoms with Crippen molar-refractivity contribution in [1.82, 2.24) is 24.3 Å². The number of amides is 2. The van der Waals surface area contributed by atoms with Crippen molar-refractivity contribution < 1.29 is 33.1 Å². The highest BCUT2D eigenvalue weighted by Gasteiger charge is 2.46. The molecule has 4 N–H and O–H groups in total.